The Hall–Kier alpha value is -1.37. The third-order valence-corrected chi connectivity index (χ3v) is 6.92. The van der Waals surface area contributed by atoms with Crippen molar-refractivity contribution in [2.45, 2.75) is 39.2 Å². The highest BCUT2D eigenvalue weighted by Crippen LogP contribution is 2.23. The summed E-state index contributed by atoms with van der Waals surface area (Å²) < 4.78 is 30.4. The summed E-state index contributed by atoms with van der Waals surface area (Å²) in [5.41, 5.74) is 2.27. The first-order valence-corrected chi connectivity index (χ1v) is 11.4. The van der Waals surface area contributed by atoms with Gasteiger partial charge in [0.05, 0.1) is 12.5 Å². The zero-order valence-electron chi connectivity index (χ0n) is 16.0. The average molecular weight is 379 g/mol. The van der Waals surface area contributed by atoms with Crippen molar-refractivity contribution in [1.82, 2.24) is 9.21 Å². The second-order valence-electron chi connectivity index (χ2n) is 7.54. The summed E-state index contributed by atoms with van der Waals surface area (Å²) in [6.07, 6.45) is 5.97. The lowest BCUT2D eigenvalue weighted by Gasteiger charge is -2.36. The molecule has 1 unspecified atom stereocenters. The third-order valence-electron chi connectivity index (χ3n) is 5.61. The second kappa shape index (κ2) is 8.11. The van der Waals surface area contributed by atoms with E-state index in [2.05, 4.69) is 36.9 Å². The lowest BCUT2D eigenvalue weighted by Crippen LogP contribution is -2.43. The number of likely N-dealkylation sites (N-methyl/N-ethyl adjacent to an activating group) is 1. The van der Waals surface area contributed by atoms with E-state index < -0.39 is 10.0 Å². The van der Waals surface area contributed by atoms with Gasteiger partial charge in [0.2, 0.25) is 10.0 Å². The van der Waals surface area contributed by atoms with Gasteiger partial charge in [0.1, 0.15) is 5.58 Å². The van der Waals surface area contributed by atoms with E-state index in [0.29, 0.717) is 25.0 Å². The minimum atomic E-state index is -3.04. The first-order valence-electron chi connectivity index (χ1n) is 9.52. The van der Waals surface area contributed by atoms with Crippen molar-refractivity contribution in [3.8, 4) is 0 Å². The van der Waals surface area contributed by atoms with E-state index in [1.807, 2.05) is 6.07 Å². The molecule has 0 bridgehead atoms. The maximum atomic E-state index is 11.7. The summed E-state index contributed by atoms with van der Waals surface area (Å²) in [6, 6.07) is 8.89. The molecule has 1 atom stereocenters. The molecule has 1 aliphatic heterocycles. The fraction of sp³-hybridized carbons (Fsp3) is 0.600. The van der Waals surface area contributed by atoms with Crippen molar-refractivity contribution in [2.75, 3.05) is 32.4 Å². The van der Waals surface area contributed by atoms with Crippen molar-refractivity contribution in [2.24, 2.45) is 5.92 Å². The minimum Gasteiger partial charge on any atom is -0.464 e. The molecule has 6 heteroatoms. The van der Waals surface area contributed by atoms with Crippen LogP contribution in [0.3, 0.4) is 0 Å². The molecule has 1 fully saturated rings. The van der Waals surface area contributed by atoms with Crippen LogP contribution in [0.4, 0.5) is 0 Å². The maximum Gasteiger partial charge on any atom is 0.211 e. The van der Waals surface area contributed by atoms with Crippen LogP contribution in [-0.2, 0) is 16.4 Å². The molecule has 1 aromatic heterocycles. The Morgan fingerprint density at radius 1 is 1.27 bits per heavy atom. The molecule has 0 aliphatic carbocycles. The molecular weight excluding hydrogens is 348 g/mol. The number of fused-ring (bicyclic) bond motifs is 1. The summed E-state index contributed by atoms with van der Waals surface area (Å²) in [6.45, 7) is 7.87. The van der Waals surface area contributed by atoms with Crippen LogP contribution < -0.4 is 0 Å². The Kier molecular flexibility index (Phi) is 6.05. The normalized spacial score (nSPS) is 18.6. The number of piperidine rings is 1. The zero-order chi connectivity index (χ0) is 18.7. The molecule has 3 rings (SSSR count). The fourth-order valence-corrected chi connectivity index (χ4v) is 4.86. The molecule has 2 aromatic rings. The molecular formula is C20H30N2O3S. The summed E-state index contributed by atoms with van der Waals surface area (Å²) in [4.78, 5) is 2.53. The van der Waals surface area contributed by atoms with Crippen LogP contribution in [0.1, 0.15) is 32.3 Å². The summed E-state index contributed by atoms with van der Waals surface area (Å²) in [5.74, 6) is 0.576. The summed E-state index contributed by atoms with van der Waals surface area (Å²) in [7, 11) is -3.04. The lowest BCUT2D eigenvalue weighted by atomic mass is 9.96. The van der Waals surface area contributed by atoms with E-state index in [-0.39, 0.29) is 0 Å². The molecule has 2 heterocycles. The number of benzene rings is 1. The highest BCUT2D eigenvalue weighted by atomic mass is 32.2. The molecule has 1 aliphatic rings. The molecule has 1 aromatic carbocycles. The molecule has 1 saturated heterocycles. The molecule has 0 amide bonds. The first-order chi connectivity index (χ1) is 12.4. The number of hydrogen-bond acceptors (Lipinski definition) is 4. The fourth-order valence-electron chi connectivity index (χ4n) is 3.99. The van der Waals surface area contributed by atoms with E-state index in [1.54, 1.807) is 10.6 Å². The average Bonchev–Trinajstić information content (AvgIpc) is 3.07. The van der Waals surface area contributed by atoms with Crippen LogP contribution in [0.25, 0.3) is 11.0 Å². The van der Waals surface area contributed by atoms with Gasteiger partial charge in [-0.2, -0.15) is 0 Å². The Labute approximate surface area is 157 Å². The Bertz CT molecular complexity index is 822. The number of furan rings is 1. The number of nitrogens with zero attached hydrogens (tertiary/aromatic N) is 2. The predicted octanol–water partition coefficient (Wildman–Crippen LogP) is 3.36. The van der Waals surface area contributed by atoms with Crippen molar-refractivity contribution in [3.63, 3.8) is 0 Å². The van der Waals surface area contributed by atoms with Crippen molar-refractivity contribution < 1.29 is 12.8 Å². The number of sulfonamides is 1. The van der Waals surface area contributed by atoms with E-state index in [0.717, 1.165) is 43.3 Å². The van der Waals surface area contributed by atoms with Gasteiger partial charge in [-0.15, -0.1) is 0 Å². The quantitative estimate of drug-likeness (QED) is 0.741. The topological polar surface area (TPSA) is 53.8 Å². The highest BCUT2D eigenvalue weighted by Gasteiger charge is 2.26. The van der Waals surface area contributed by atoms with E-state index in [9.17, 15) is 8.42 Å². The molecule has 0 radical (unpaired) electrons. The number of rotatable bonds is 7. The van der Waals surface area contributed by atoms with Crippen LogP contribution >= 0.6 is 0 Å². The monoisotopic (exact) mass is 378 g/mol. The van der Waals surface area contributed by atoms with E-state index in [1.165, 1.54) is 11.8 Å². The molecule has 5 nitrogen and oxygen atoms in total. The standard InChI is InChI=1S/C20H30N2O3S/c1-4-21(15-17-7-10-22(11-8-17)26(3,23)24)16(2)13-18-5-6-20-19(14-18)9-12-25-20/h5-6,9,12,14,16-17H,4,7-8,10-11,13,15H2,1-3H3. The highest BCUT2D eigenvalue weighted by molar-refractivity contribution is 7.88. The van der Waals surface area contributed by atoms with Gasteiger partial charge in [-0.05, 0) is 62.4 Å². The Balaban J connectivity index is 1.56. The second-order valence-corrected chi connectivity index (χ2v) is 9.52. The molecule has 144 valence electrons. The molecule has 0 spiro atoms. The first kappa shape index (κ1) is 19.4. The zero-order valence-corrected chi connectivity index (χ0v) is 16.8. The SMILES string of the molecule is CCN(CC1CCN(S(C)(=O)=O)CC1)C(C)Cc1ccc2occc2c1. The maximum absolute atomic E-state index is 11.7. The van der Waals surface area contributed by atoms with Gasteiger partial charge in [-0.25, -0.2) is 12.7 Å². The van der Waals surface area contributed by atoms with Gasteiger partial charge >= 0.3 is 0 Å². The summed E-state index contributed by atoms with van der Waals surface area (Å²) in [5, 5.41) is 1.16. The minimum absolute atomic E-state index is 0.456. The van der Waals surface area contributed by atoms with E-state index in [4.69, 9.17) is 4.42 Å². The largest absolute Gasteiger partial charge is 0.464 e. The molecule has 0 N–H and O–H groups in total. The smallest absolute Gasteiger partial charge is 0.211 e. The molecule has 0 saturated carbocycles. The van der Waals surface area contributed by atoms with Gasteiger partial charge in [0.15, 0.2) is 0 Å². The number of hydrogen-bond donors (Lipinski definition) is 0. The third kappa shape index (κ3) is 4.67. The van der Waals surface area contributed by atoms with Crippen LogP contribution in [0, 0.1) is 5.92 Å². The van der Waals surface area contributed by atoms with Gasteiger partial charge in [-0.1, -0.05) is 13.0 Å². The Morgan fingerprint density at radius 2 is 2.00 bits per heavy atom. The van der Waals surface area contributed by atoms with Crippen LogP contribution in [0.5, 0.6) is 0 Å². The summed E-state index contributed by atoms with van der Waals surface area (Å²) >= 11 is 0. The van der Waals surface area contributed by atoms with Gasteiger partial charge in [0.25, 0.3) is 0 Å². The molecule has 26 heavy (non-hydrogen) atoms. The lowest BCUT2D eigenvalue weighted by molar-refractivity contribution is 0.152. The van der Waals surface area contributed by atoms with Crippen molar-refractivity contribution in [3.05, 3.63) is 36.1 Å². The van der Waals surface area contributed by atoms with Crippen molar-refractivity contribution in [1.29, 1.82) is 0 Å². The van der Waals surface area contributed by atoms with E-state index >= 15 is 0 Å². The van der Waals surface area contributed by atoms with Crippen molar-refractivity contribution >= 4 is 21.0 Å². The van der Waals surface area contributed by atoms with Crippen LogP contribution in [0.2, 0.25) is 0 Å². The van der Waals surface area contributed by atoms with Crippen LogP contribution in [0.15, 0.2) is 34.9 Å². The predicted molar refractivity (Wildman–Crippen MR) is 106 cm³/mol. The Morgan fingerprint density at radius 3 is 2.65 bits per heavy atom. The van der Waals surface area contributed by atoms with Gasteiger partial charge in [-0.3, -0.25) is 0 Å². The van der Waals surface area contributed by atoms with Gasteiger partial charge in [0, 0.05) is 31.1 Å². The van der Waals surface area contributed by atoms with Crippen LogP contribution in [-0.4, -0.2) is 56.1 Å². The van der Waals surface area contributed by atoms with Gasteiger partial charge < -0.3 is 9.32 Å².